The lowest BCUT2D eigenvalue weighted by molar-refractivity contribution is 0.627. The zero-order valence-corrected chi connectivity index (χ0v) is 11.2. The summed E-state index contributed by atoms with van der Waals surface area (Å²) in [4.78, 5) is 0. The van der Waals surface area contributed by atoms with Crippen molar-refractivity contribution < 1.29 is 0 Å². The van der Waals surface area contributed by atoms with Gasteiger partial charge in [-0.05, 0) is 44.6 Å². The van der Waals surface area contributed by atoms with Crippen LogP contribution in [0, 0.1) is 12.8 Å². The van der Waals surface area contributed by atoms with Gasteiger partial charge in [-0.3, -0.25) is 0 Å². The van der Waals surface area contributed by atoms with Crippen molar-refractivity contribution in [3.05, 3.63) is 58.7 Å². The van der Waals surface area contributed by atoms with Crippen LogP contribution in [-0.2, 0) is 6.42 Å². The van der Waals surface area contributed by atoms with Gasteiger partial charge in [0.05, 0.1) is 0 Å². The molecule has 0 amide bonds. The van der Waals surface area contributed by atoms with Crippen molar-refractivity contribution in [3.8, 4) is 0 Å². The van der Waals surface area contributed by atoms with E-state index in [9.17, 15) is 0 Å². The molecule has 1 aliphatic rings. The highest BCUT2D eigenvalue weighted by Gasteiger charge is 2.12. The second-order valence-electron chi connectivity index (χ2n) is 5.35. The third-order valence-corrected chi connectivity index (χ3v) is 3.67. The smallest absolute Gasteiger partial charge is 0.0191 e. The zero-order valence-electron chi connectivity index (χ0n) is 11.2. The molecule has 0 aliphatic heterocycles. The molecule has 0 spiro atoms. The lowest BCUT2D eigenvalue weighted by Crippen LogP contribution is -2.05. The summed E-state index contributed by atoms with van der Waals surface area (Å²) < 4.78 is 0. The van der Waals surface area contributed by atoms with Gasteiger partial charge < -0.3 is 0 Å². The molecule has 1 aromatic carbocycles. The van der Waals surface area contributed by atoms with Gasteiger partial charge in [0.1, 0.15) is 0 Å². The molecule has 17 heavy (non-hydrogen) atoms. The maximum atomic E-state index is 2.34. The average molecular weight is 226 g/mol. The van der Waals surface area contributed by atoms with Crippen molar-refractivity contribution in [3.63, 3.8) is 0 Å². The minimum absolute atomic E-state index is 0.727. The summed E-state index contributed by atoms with van der Waals surface area (Å²) in [6.45, 7) is 6.71. The molecule has 0 radical (unpaired) electrons. The molecule has 0 heterocycles. The van der Waals surface area contributed by atoms with Gasteiger partial charge in [-0.15, -0.1) is 0 Å². The molecule has 1 aliphatic carbocycles. The van der Waals surface area contributed by atoms with Crippen molar-refractivity contribution in [2.24, 2.45) is 5.92 Å². The third-order valence-electron chi connectivity index (χ3n) is 3.67. The third kappa shape index (κ3) is 3.33. The topological polar surface area (TPSA) is 0 Å². The Morgan fingerprint density at radius 1 is 1.00 bits per heavy atom. The summed E-state index contributed by atoms with van der Waals surface area (Å²) in [6, 6.07) is 8.92. The van der Waals surface area contributed by atoms with Crippen LogP contribution in [0.15, 0.2) is 47.6 Å². The Morgan fingerprint density at radius 2 is 1.71 bits per heavy atom. The fourth-order valence-corrected chi connectivity index (χ4v) is 2.47. The van der Waals surface area contributed by atoms with Crippen molar-refractivity contribution in [2.75, 3.05) is 0 Å². The van der Waals surface area contributed by atoms with E-state index < -0.39 is 0 Å². The summed E-state index contributed by atoms with van der Waals surface area (Å²) in [5, 5.41) is 0. The monoisotopic (exact) mass is 226 g/mol. The number of hydrogen-bond acceptors (Lipinski definition) is 0. The number of aryl methyl sites for hydroxylation is 2. The van der Waals surface area contributed by atoms with Crippen LogP contribution in [0.4, 0.5) is 0 Å². The van der Waals surface area contributed by atoms with Crippen LogP contribution in [0.3, 0.4) is 0 Å². The first-order valence-electron chi connectivity index (χ1n) is 6.57. The first kappa shape index (κ1) is 12.2. The first-order chi connectivity index (χ1) is 8.15. The van der Waals surface area contributed by atoms with E-state index in [1.165, 1.54) is 36.0 Å². The SMILES string of the molecule is CC1=CC=C(CCc2ccc(C)cc2)C(C)C1. The van der Waals surface area contributed by atoms with Crippen molar-refractivity contribution in [1.82, 2.24) is 0 Å². The molecular weight excluding hydrogens is 204 g/mol. The van der Waals surface area contributed by atoms with Crippen molar-refractivity contribution >= 4 is 0 Å². The fraction of sp³-hybridized carbons (Fsp3) is 0.412. The molecule has 0 fully saturated rings. The van der Waals surface area contributed by atoms with Gasteiger partial charge in [0, 0.05) is 0 Å². The molecule has 2 rings (SSSR count). The van der Waals surface area contributed by atoms with E-state index in [1.54, 1.807) is 5.57 Å². The van der Waals surface area contributed by atoms with E-state index >= 15 is 0 Å². The molecule has 1 unspecified atom stereocenters. The summed E-state index contributed by atoms with van der Waals surface area (Å²) in [7, 11) is 0. The highest BCUT2D eigenvalue weighted by Crippen LogP contribution is 2.27. The Bertz CT molecular complexity index is 432. The second kappa shape index (κ2) is 5.35. The predicted molar refractivity (Wildman–Crippen MR) is 75.1 cm³/mol. The Kier molecular flexibility index (Phi) is 3.83. The van der Waals surface area contributed by atoms with E-state index in [4.69, 9.17) is 0 Å². The van der Waals surface area contributed by atoms with Gasteiger partial charge in [0.2, 0.25) is 0 Å². The van der Waals surface area contributed by atoms with Crippen LogP contribution in [0.2, 0.25) is 0 Å². The molecule has 0 N–H and O–H groups in total. The molecule has 0 aromatic heterocycles. The van der Waals surface area contributed by atoms with Gasteiger partial charge in [0.25, 0.3) is 0 Å². The van der Waals surface area contributed by atoms with E-state index in [2.05, 4.69) is 57.2 Å². The summed E-state index contributed by atoms with van der Waals surface area (Å²) in [5.41, 5.74) is 5.92. The number of benzene rings is 1. The molecule has 0 bridgehead atoms. The molecular formula is C17H22. The Balaban J connectivity index is 1.96. The lowest BCUT2D eigenvalue weighted by atomic mass is 9.86. The Hall–Kier alpha value is -1.30. The lowest BCUT2D eigenvalue weighted by Gasteiger charge is -2.20. The minimum Gasteiger partial charge on any atom is -0.0727 e. The first-order valence-corrected chi connectivity index (χ1v) is 6.57. The van der Waals surface area contributed by atoms with Crippen LogP contribution < -0.4 is 0 Å². The van der Waals surface area contributed by atoms with Crippen LogP contribution in [0.25, 0.3) is 0 Å². The highest BCUT2D eigenvalue weighted by molar-refractivity contribution is 5.27. The van der Waals surface area contributed by atoms with E-state index in [1.807, 2.05) is 0 Å². The molecule has 90 valence electrons. The Labute approximate surface area is 105 Å². The molecule has 1 atom stereocenters. The largest absolute Gasteiger partial charge is 0.0727 e. The van der Waals surface area contributed by atoms with Crippen LogP contribution in [0.1, 0.15) is 37.8 Å². The van der Waals surface area contributed by atoms with Gasteiger partial charge in [-0.2, -0.15) is 0 Å². The molecule has 1 aromatic rings. The molecule has 0 heteroatoms. The molecule has 0 saturated carbocycles. The van der Waals surface area contributed by atoms with Gasteiger partial charge in [-0.25, -0.2) is 0 Å². The van der Waals surface area contributed by atoms with Crippen molar-refractivity contribution in [1.29, 1.82) is 0 Å². The Morgan fingerprint density at radius 3 is 2.35 bits per heavy atom. The van der Waals surface area contributed by atoms with Crippen LogP contribution in [-0.4, -0.2) is 0 Å². The molecule has 0 saturated heterocycles. The van der Waals surface area contributed by atoms with E-state index in [-0.39, 0.29) is 0 Å². The van der Waals surface area contributed by atoms with Gasteiger partial charge in [-0.1, -0.05) is 60.1 Å². The zero-order chi connectivity index (χ0) is 12.3. The van der Waals surface area contributed by atoms with Crippen molar-refractivity contribution in [2.45, 2.75) is 40.0 Å². The van der Waals surface area contributed by atoms with Crippen LogP contribution >= 0.6 is 0 Å². The van der Waals surface area contributed by atoms with Gasteiger partial charge in [0.15, 0.2) is 0 Å². The number of hydrogen-bond donors (Lipinski definition) is 0. The predicted octanol–water partition coefficient (Wildman–Crippen LogP) is 4.84. The normalized spacial score (nSPS) is 19.8. The highest BCUT2D eigenvalue weighted by atomic mass is 14.2. The standard InChI is InChI=1S/C17H22/c1-13-4-7-16(8-5-13)9-11-17-10-6-14(2)12-15(17)3/h4-8,10,15H,9,11-12H2,1-3H3. The fourth-order valence-electron chi connectivity index (χ4n) is 2.47. The quantitative estimate of drug-likeness (QED) is 0.691. The number of allylic oxidation sites excluding steroid dienone is 4. The van der Waals surface area contributed by atoms with Gasteiger partial charge >= 0.3 is 0 Å². The van der Waals surface area contributed by atoms with E-state index in [0.29, 0.717) is 0 Å². The van der Waals surface area contributed by atoms with Crippen LogP contribution in [0.5, 0.6) is 0 Å². The minimum atomic E-state index is 0.727. The summed E-state index contributed by atoms with van der Waals surface area (Å²) >= 11 is 0. The maximum absolute atomic E-state index is 2.34. The van der Waals surface area contributed by atoms with E-state index in [0.717, 1.165) is 5.92 Å². The summed E-state index contributed by atoms with van der Waals surface area (Å²) in [5.74, 6) is 0.727. The molecule has 0 nitrogen and oxygen atoms in total. The summed E-state index contributed by atoms with van der Waals surface area (Å²) in [6.07, 6.45) is 8.22. The maximum Gasteiger partial charge on any atom is -0.0191 e. The second-order valence-corrected chi connectivity index (χ2v) is 5.35. The number of rotatable bonds is 3. The average Bonchev–Trinajstić information content (AvgIpc) is 2.30.